The van der Waals surface area contributed by atoms with Gasteiger partial charge in [-0.2, -0.15) is 0 Å². The molecule has 0 saturated heterocycles. The molecule has 0 amide bonds. The number of rotatable bonds is 1. The first-order valence-corrected chi connectivity index (χ1v) is 8.16. The normalized spacial score (nSPS) is 7.92. The molecule has 0 atom stereocenters. The molecule has 0 aliphatic carbocycles. The summed E-state index contributed by atoms with van der Waals surface area (Å²) in [7, 11) is 0. The Morgan fingerprint density at radius 3 is 1.12 bits per heavy atom. The summed E-state index contributed by atoms with van der Waals surface area (Å²) >= 11 is 0. The van der Waals surface area contributed by atoms with Crippen LogP contribution in [0, 0.1) is 11.8 Å². The Hall–Kier alpha value is -2.18. The zero-order valence-electron chi connectivity index (χ0n) is 17.6. The van der Waals surface area contributed by atoms with Gasteiger partial charge in [0.2, 0.25) is 0 Å². The van der Waals surface area contributed by atoms with E-state index in [1.807, 2.05) is 48.5 Å². The molecule has 0 heteroatoms. The maximum Gasteiger partial charge on any atom is -0.00789 e. The van der Waals surface area contributed by atoms with Crippen LogP contribution in [0.2, 0.25) is 0 Å². The molecular formula is C24H36. The van der Waals surface area contributed by atoms with Gasteiger partial charge in [0, 0.05) is 0 Å². The third-order valence-electron chi connectivity index (χ3n) is 2.26. The van der Waals surface area contributed by atoms with Crippen LogP contribution in [0.5, 0.6) is 0 Å². The number of hydrogen-bond donors (Lipinski definition) is 0. The molecule has 0 heterocycles. The molecule has 0 aliphatic heterocycles. The van der Waals surface area contributed by atoms with Gasteiger partial charge in [-0.1, -0.05) is 59.8 Å². The molecule has 24 heavy (non-hydrogen) atoms. The summed E-state index contributed by atoms with van der Waals surface area (Å²) < 4.78 is 0. The monoisotopic (exact) mass is 324 g/mol. The minimum atomic E-state index is 0.882. The molecule has 0 aliphatic rings. The first kappa shape index (κ1) is 26.7. The Balaban J connectivity index is -0.000000276. The van der Waals surface area contributed by atoms with Crippen molar-refractivity contribution in [2.45, 2.75) is 69.2 Å². The molecule has 0 aromatic rings. The van der Waals surface area contributed by atoms with Gasteiger partial charge in [0.05, 0.1) is 0 Å². The van der Waals surface area contributed by atoms with Crippen LogP contribution in [0.3, 0.4) is 0 Å². The van der Waals surface area contributed by atoms with Crippen LogP contribution in [0.15, 0.2) is 70.2 Å². The molecule has 0 saturated carbocycles. The SMILES string of the molecule is C=C(C)C#CC(=C)C.CC(C)=C=C=C(C)C.CC=CC(C)=C(C)C. The van der Waals surface area contributed by atoms with Crippen molar-refractivity contribution in [1.29, 1.82) is 0 Å². The van der Waals surface area contributed by atoms with Crippen LogP contribution in [0.25, 0.3) is 0 Å². The third kappa shape index (κ3) is 32.0. The minimum Gasteiger partial charge on any atom is -0.0877 e. The van der Waals surface area contributed by atoms with E-state index in [1.165, 1.54) is 22.3 Å². The molecule has 0 N–H and O–H groups in total. The standard InChI is InChI=1S/C8H12.C8H10.C8H14/c2*1-7(2)5-6-8(3)4;1-5-6-8(4)7(2)3/h1-4H3;1,3H2,2,4H3;5-6H,1-4H3. The van der Waals surface area contributed by atoms with E-state index in [4.69, 9.17) is 0 Å². The molecule has 0 aromatic heterocycles. The molecule has 0 aromatic carbocycles. The van der Waals surface area contributed by atoms with Crippen molar-refractivity contribution in [2.75, 3.05) is 0 Å². The highest BCUT2D eigenvalue weighted by Crippen LogP contribution is 2.01. The van der Waals surface area contributed by atoms with Crippen LogP contribution in [0.4, 0.5) is 0 Å². The molecule has 0 fully saturated rings. The first-order chi connectivity index (χ1) is 10.9. The summed E-state index contributed by atoms with van der Waals surface area (Å²) in [5.74, 6) is 5.60. The van der Waals surface area contributed by atoms with Crippen molar-refractivity contribution in [2.24, 2.45) is 0 Å². The fourth-order valence-corrected chi connectivity index (χ4v) is 0.880. The Morgan fingerprint density at radius 2 is 1.00 bits per heavy atom. The van der Waals surface area contributed by atoms with Crippen molar-refractivity contribution in [1.82, 2.24) is 0 Å². The first-order valence-electron chi connectivity index (χ1n) is 8.16. The lowest BCUT2D eigenvalue weighted by Gasteiger charge is -1.91. The van der Waals surface area contributed by atoms with Crippen LogP contribution in [-0.4, -0.2) is 0 Å². The van der Waals surface area contributed by atoms with E-state index in [-0.39, 0.29) is 0 Å². The Labute approximate surface area is 151 Å². The fraction of sp³-hybridized carbons (Fsp3) is 0.417. The van der Waals surface area contributed by atoms with Gasteiger partial charge in [-0.3, -0.25) is 0 Å². The van der Waals surface area contributed by atoms with Crippen LogP contribution in [0.1, 0.15) is 69.2 Å². The average Bonchev–Trinajstić information content (AvgIpc) is 2.44. The van der Waals surface area contributed by atoms with E-state index in [9.17, 15) is 0 Å². The lowest BCUT2D eigenvalue weighted by atomic mass is 10.2. The molecule has 0 bridgehead atoms. The van der Waals surface area contributed by atoms with Crippen LogP contribution >= 0.6 is 0 Å². The summed E-state index contributed by atoms with van der Waals surface area (Å²) in [6, 6.07) is 0. The summed E-state index contributed by atoms with van der Waals surface area (Å²) in [5, 5.41) is 0. The molecular weight excluding hydrogens is 288 g/mol. The van der Waals surface area contributed by atoms with Gasteiger partial charge in [-0.15, -0.1) is 0 Å². The highest BCUT2D eigenvalue weighted by molar-refractivity contribution is 5.32. The predicted octanol–water partition coefficient (Wildman–Crippen LogP) is 7.73. The molecule has 0 nitrogen and oxygen atoms in total. The maximum atomic E-state index is 3.61. The lowest BCUT2D eigenvalue weighted by molar-refractivity contribution is 1.29. The number of hydrogen-bond acceptors (Lipinski definition) is 0. The van der Waals surface area contributed by atoms with Gasteiger partial charge in [0.15, 0.2) is 0 Å². The Morgan fingerprint density at radius 1 is 0.667 bits per heavy atom. The Bertz CT molecular complexity index is 571. The second-order valence-electron chi connectivity index (χ2n) is 6.24. The van der Waals surface area contributed by atoms with Crippen molar-refractivity contribution >= 4 is 0 Å². The second-order valence-corrected chi connectivity index (χ2v) is 6.24. The van der Waals surface area contributed by atoms with E-state index in [0.29, 0.717) is 0 Å². The quantitative estimate of drug-likeness (QED) is 0.263. The smallest absolute Gasteiger partial charge is 0.00789 e. The summed E-state index contributed by atoms with van der Waals surface area (Å²) in [5.41, 5.74) is 12.8. The second kappa shape index (κ2) is 17.2. The van der Waals surface area contributed by atoms with E-state index in [2.05, 4.69) is 69.4 Å². The summed E-state index contributed by atoms with van der Waals surface area (Å²) in [4.78, 5) is 0. The molecule has 0 radical (unpaired) electrons. The van der Waals surface area contributed by atoms with E-state index in [1.54, 1.807) is 0 Å². The van der Waals surface area contributed by atoms with Gasteiger partial charge in [0.25, 0.3) is 0 Å². The predicted molar refractivity (Wildman–Crippen MR) is 113 cm³/mol. The zero-order valence-corrected chi connectivity index (χ0v) is 17.6. The van der Waals surface area contributed by atoms with E-state index < -0.39 is 0 Å². The van der Waals surface area contributed by atoms with Crippen LogP contribution in [-0.2, 0) is 0 Å². The zero-order chi connectivity index (χ0) is 19.7. The van der Waals surface area contributed by atoms with Crippen molar-refractivity contribution in [3.8, 4) is 11.8 Å². The van der Waals surface area contributed by atoms with Crippen molar-refractivity contribution in [3.63, 3.8) is 0 Å². The lowest BCUT2D eigenvalue weighted by Crippen LogP contribution is -1.70. The molecule has 0 spiro atoms. The highest BCUT2D eigenvalue weighted by Gasteiger charge is 1.80. The fourth-order valence-electron chi connectivity index (χ4n) is 0.880. The topological polar surface area (TPSA) is 0 Å². The highest BCUT2D eigenvalue weighted by atomic mass is 13.9. The summed E-state index contributed by atoms with van der Waals surface area (Å²) in [6.07, 6.45) is 4.18. The van der Waals surface area contributed by atoms with Gasteiger partial charge in [-0.25, -0.2) is 0 Å². The van der Waals surface area contributed by atoms with Crippen molar-refractivity contribution in [3.05, 3.63) is 70.2 Å². The minimum absolute atomic E-state index is 0.882. The van der Waals surface area contributed by atoms with Crippen molar-refractivity contribution < 1.29 is 0 Å². The van der Waals surface area contributed by atoms with Crippen LogP contribution < -0.4 is 0 Å². The third-order valence-corrected chi connectivity index (χ3v) is 2.26. The summed E-state index contributed by atoms with van der Waals surface area (Å²) in [6.45, 7) is 27.4. The maximum absolute atomic E-state index is 3.61. The van der Waals surface area contributed by atoms with E-state index >= 15 is 0 Å². The molecule has 0 unspecified atom stereocenters. The van der Waals surface area contributed by atoms with Gasteiger partial charge in [0.1, 0.15) is 0 Å². The Kier molecular flexibility index (Phi) is 19.1. The number of allylic oxidation sites excluding steroid dienone is 8. The van der Waals surface area contributed by atoms with Gasteiger partial charge < -0.3 is 0 Å². The van der Waals surface area contributed by atoms with Gasteiger partial charge >= 0.3 is 0 Å². The molecule has 132 valence electrons. The molecule has 0 rings (SSSR count). The van der Waals surface area contributed by atoms with E-state index in [0.717, 1.165) is 11.1 Å². The average molecular weight is 325 g/mol. The van der Waals surface area contributed by atoms with Gasteiger partial charge in [-0.05, 0) is 91.5 Å². The largest absolute Gasteiger partial charge is 0.0877 e.